The molecule has 38 heavy (non-hydrogen) atoms. The van der Waals surface area contributed by atoms with E-state index in [0.717, 1.165) is 44.6 Å². The molecular weight excluding hydrogens is 464 g/mol. The van der Waals surface area contributed by atoms with E-state index in [2.05, 4.69) is 113 Å². The third-order valence-electron chi connectivity index (χ3n) is 7.53. The van der Waals surface area contributed by atoms with Crippen molar-refractivity contribution < 1.29 is 8.83 Å². The van der Waals surface area contributed by atoms with Crippen LogP contribution in [0.15, 0.2) is 118 Å². The lowest BCUT2D eigenvalue weighted by Gasteiger charge is -2.11. The van der Waals surface area contributed by atoms with E-state index in [4.69, 9.17) is 8.83 Å². The molecule has 0 amide bonds. The minimum absolute atomic E-state index is 0.0441. The summed E-state index contributed by atoms with van der Waals surface area (Å²) in [4.78, 5) is 0. The van der Waals surface area contributed by atoms with Crippen LogP contribution in [0.25, 0.3) is 44.2 Å². The van der Waals surface area contributed by atoms with Gasteiger partial charge in [0.15, 0.2) is 0 Å². The summed E-state index contributed by atoms with van der Waals surface area (Å²) in [5.74, 6) is 1.84. The second kappa shape index (κ2) is 8.10. The molecule has 0 saturated carbocycles. The molecule has 0 N–H and O–H groups in total. The molecule has 5 aromatic rings. The van der Waals surface area contributed by atoms with E-state index < -0.39 is 0 Å². The average molecular weight is 495 g/mol. The van der Waals surface area contributed by atoms with Crippen molar-refractivity contribution in [3.8, 4) is 0 Å². The molecular formula is C36H30O2. The molecule has 0 unspecified atom stereocenters. The van der Waals surface area contributed by atoms with Crippen LogP contribution in [-0.2, 0) is 0 Å². The first-order valence-corrected chi connectivity index (χ1v) is 13.3. The molecule has 0 saturated heterocycles. The molecule has 3 aromatic carbocycles. The van der Waals surface area contributed by atoms with Gasteiger partial charge in [0.25, 0.3) is 0 Å². The quantitative estimate of drug-likeness (QED) is 0.248. The van der Waals surface area contributed by atoms with Crippen LogP contribution < -0.4 is 0 Å². The summed E-state index contributed by atoms with van der Waals surface area (Å²) >= 11 is 0. The second-order valence-electron chi connectivity index (χ2n) is 11.7. The van der Waals surface area contributed by atoms with E-state index in [1.807, 2.05) is 24.3 Å². The molecule has 2 heteroatoms. The summed E-state index contributed by atoms with van der Waals surface area (Å²) < 4.78 is 12.6. The lowest BCUT2D eigenvalue weighted by Crippen LogP contribution is -1.98. The van der Waals surface area contributed by atoms with Gasteiger partial charge in [-0.1, -0.05) is 113 Å². The summed E-state index contributed by atoms with van der Waals surface area (Å²) in [6.45, 7) is 8.97. The highest BCUT2D eigenvalue weighted by atomic mass is 16.3. The smallest absolute Gasteiger partial charge is 0.135 e. The molecule has 2 nitrogen and oxygen atoms in total. The fourth-order valence-electron chi connectivity index (χ4n) is 5.83. The van der Waals surface area contributed by atoms with Gasteiger partial charge in [0.1, 0.15) is 22.7 Å². The normalized spacial score (nSPS) is 18.0. The third-order valence-corrected chi connectivity index (χ3v) is 7.53. The maximum atomic E-state index is 6.28. The van der Waals surface area contributed by atoms with Gasteiger partial charge in [0, 0.05) is 32.7 Å². The first kappa shape index (κ1) is 22.9. The minimum Gasteiger partial charge on any atom is -0.456 e. The Hall–Kier alpha value is -4.30. The van der Waals surface area contributed by atoms with Crippen molar-refractivity contribution in [1.82, 2.24) is 0 Å². The Bertz CT molecular complexity index is 1640. The zero-order valence-corrected chi connectivity index (χ0v) is 22.2. The summed E-state index contributed by atoms with van der Waals surface area (Å²) in [7, 11) is 0. The van der Waals surface area contributed by atoms with Crippen LogP contribution in [0.3, 0.4) is 0 Å². The topological polar surface area (TPSA) is 26.3 Å². The van der Waals surface area contributed by atoms with E-state index >= 15 is 0 Å². The van der Waals surface area contributed by atoms with Crippen LogP contribution in [0.1, 0.15) is 50.3 Å². The maximum Gasteiger partial charge on any atom is 0.135 e. The zero-order chi connectivity index (χ0) is 26.1. The van der Waals surface area contributed by atoms with Crippen molar-refractivity contribution in [2.75, 3.05) is 0 Å². The van der Waals surface area contributed by atoms with Crippen LogP contribution in [-0.4, -0.2) is 0 Å². The number of furan rings is 2. The molecule has 0 spiro atoms. The van der Waals surface area contributed by atoms with Gasteiger partial charge >= 0.3 is 0 Å². The van der Waals surface area contributed by atoms with E-state index in [1.54, 1.807) is 0 Å². The van der Waals surface area contributed by atoms with Gasteiger partial charge in [0.05, 0.1) is 0 Å². The molecule has 2 aromatic heterocycles. The van der Waals surface area contributed by atoms with Crippen molar-refractivity contribution >= 4 is 44.2 Å². The molecule has 2 aliphatic rings. The Kier molecular flexibility index (Phi) is 4.87. The Morgan fingerprint density at radius 1 is 0.447 bits per heavy atom. The molecule has 7 rings (SSSR count). The summed E-state index contributed by atoms with van der Waals surface area (Å²) in [5, 5.41) is 2.26. The van der Waals surface area contributed by atoms with Crippen molar-refractivity contribution in [2.24, 2.45) is 10.8 Å². The minimum atomic E-state index is -0.0441. The second-order valence-corrected chi connectivity index (χ2v) is 11.7. The predicted octanol–water partition coefficient (Wildman–Crippen LogP) is 10.2. The van der Waals surface area contributed by atoms with Crippen LogP contribution >= 0.6 is 0 Å². The highest BCUT2D eigenvalue weighted by molar-refractivity contribution is 6.10. The van der Waals surface area contributed by atoms with Crippen molar-refractivity contribution in [1.29, 1.82) is 0 Å². The highest BCUT2D eigenvalue weighted by Gasteiger charge is 2.29. The van der Waals surface area contributed by atoms with Gasteiger partial charge in [-0.05, 0) is 46.5 Å². The fraction of sp³-hybridized carbons (Fsp3) is 0.167. The monoisotopic (exact) mass is 494 g/mol. The number of hydrogen-bond donors (Lipinski definition) is 0. The number of rotatable bonds is 4. The number of para-hydroxylation sites is 2. The molecule has 2 aliphatic carbocycles. The Labute approximate surface area is 223 Å². The lowest BCUT2D eigenvalue weighted by molar-refractivity contribution is 0.598. The van der Waals surface area contributed by atoms with Gasteiger partial charge in [-0.25, -0.2) is 0 Å². The molecule has 0 bridgehead atoms. The van der Waals surface area contributed by atoms with Crippen LogP contribution in [0.2, 0.25) is 0 Å². The Morgan fingerprint density at radius 2 is 0.816 bits per heavy atom. The molecule has 0 radical (unpaired) electrons. The van der Waals surface area contributed by atoms with Crippen LogP contribution in [0.5, 0.6) is 0 Å². The number of benzene rings is 3. The fourth-order valence-corrected chi connectivity index (χ4v) is 5.83. The van der Waals surface area contributed by atoms with Crippen molar-refractivity contribution in [3.05, 3.63) is 132 Å². The third kappa shape index (κ3) is 3.88. The molecule has 0 aliphatic heterocycles. The van der Waals surface area contributed by atoms with Crippen LogP contribution in [0.4, 0.5) is 0 Å². The molecule has 0 atom stereocenters. The van der Waals surface area contributed by atoms with E-state index in [-0.39, 0.29) is 10.8 Å². The molecule has 2 heterocycles. The van der Waals surface area contributed by atoms with Gasteiger partial charge in [-0.2, -0.15) is 0 Å². The molecule has 0 fully saturated rings. The van der Waals surface area contributed by atoms with Crippen molar-refractivity contribution in [2.45, 2.75) is 27.7 Å². The highest BCUT2D eigenvalue weighted by Crippen LogP contribution is 2.47. The SMILES string of the molecule is CC1(C)C=C(c2ccc(C3=CC(C)(C)C=C3c3cc4ccccc4o3)cc2)C(c2cc3ccccc3o2)=C1. The van der Waals surface area contributed by atoms with Crippen molar-refractivity contribution in [3.63, 3.8) is 0 Å². The maximum absolute atomic E-state index is 6.28. The average Bonchev–Trinajstić information content (AvgIpc) is 3.65. The summed E-state index contributed by atoms with van der Waals surface area (Å²) in [6, 6.07) is 29.7. The standard InChI is InChI=1S/C36H30O2/c1-35(2)19-27(29(21-35)33-17-25-9-5-7-11-31(25)37-33)23-13-15-24(16-14-23)28-20-36(3,4)22-30(28)34-18-26-10-6-8-12-32(26)38-34/h5-22H,1-4H3. The van der Waals surface area contributed by atoms with Gasteiger partial charge in [-0.15, -0.1) is 0 Å². The largest absolute Gasteiger partial charge is 0.456 e. The number of fused-ring (bicyclic) bond motifs is 2. The van der Waals surface area contributed by atoms with Gasteiger partial charge in [-0.3, -0.25) is 0 Å². The lowest BCUT2D eigenvalue weighted by atomic mass is 9.93. The van der Waals surface area contributed by atoms with E-state index in [0.29, 0.717) is 0 Å². The van der Waals surface area contributed by atoms with E-state index in [9.17, 15) is 0 Å². The Morgan fingerprint density at radius 3 is 1.21 bits per heavy atom. The number of hydrogen-bond acceptors (Lipinski definition) is 2. The van der Waals surface area contributed by atoms with Gasteiger partial charge < -0.3 is 8.83 Å². The summed E-state index contributed by atoms with van der Waals surface area (Å²) in [5.41, 5.74) is 8.88. The number of allylic oxidation sites excluding steroid dienone is 8. The first-order chi connectivity index (χ1) is 18.2. The predicted molar refractivity (Wildman–Crippen MR) is 158 cm³/mol. The first-order valence-electron chi connectivity index (χ1n) is 13.3. The van der Waals surface area contributed by atoms with E-state index in [1.165, 1.54) is 22.3 Å². The Balaban J connectivity index is 1.25. The molecule has 186 valence electrons. The van der Waals surface area contributed by atoms with Gasteiger partial charge in [0.2, 0.25) is 0 Å². The summed E-state index contributed by atoms with van der Waals surface area (Å²) in [6.07, 6.45) is 9.33. The van der Waals surface area contributed by atoms with Crippen LogP contribution in [0, 0.1) is 10.8 Å². The zero-order valence-electron chi connectivity index (χ0n) is 22.2.